The van der Waals surface area contributed by atoms with Crippen LogP contribution in [0.15, 0.2) is 4.42 Å². The molecule has 7 heteroatoms. The first-order valence-corrected chi connectivity index (χ1v) is 3.63. The first kappa shape index (κ1) is 9.97. The molecular formula is C6H8F3N3O. The van der Waals surface area contributed by atoms with Gasteiger partial charge in [-0.2, -0.15) is 13.2 Å². The van der Waals surface area contributed by atoms with Gasteiger partial charge in [-0.1, -0.05) is 0 Å². The van der Waals surface area contributed by atoms with Crippen molar-refractivity contribution in [3.05, 3.63) is 11.8 Å². The second-order valence-electron chi connectivity index (χ2n) is 2.39. The Morgan fingerprint density at radius 1 is 1.31 bits per heavy atom. The Bertz CT molecular complexity index is 270. The highest BCUT2D eigenvalue weighted by molar-refractivity contribution is 4.86. The number of nitrogens with two attached hydrogens (primary N) is 1. The highest BCUT2D eigenvalue weighted by Gasteiger charge is 2.37. The Kier molecular flexibility index (Phi) is 2.86. The molecule has 0 saturated heterocycles. The van der Waals surface area contributed by atoms with E-state index < -0.39 is 12.1 Å². The van der Waals surface area contributed by atoms with Gasteiger partial charge >= 0.3 is 12.1 Å². The second-order valence-corrected chi connectivity index (χ2v) is 2.39. The van der Waals surface area contributed by atoms with Crippen LogP contribution in [0.5, 0.6) is 0 Å². The van der Waals surface area contributed by atoms with E-state index in [9.17, 15) is 13.2 Å². The number of alkyl halides is 3. The van der Waals surface area contributed by atoms with Crippen LogP contribution in [0, 0.1) is 0 Å². The number of halogens is 3. The molecule has 1 aromatic rings. The number of nitrogens with zero attached hydrogens (tertiary/aromatic N) is 2. The summed E-state index contributed by atoms with van der Waals surface area (Å²) >= 11 is 0. The Morgan fingerprint density at radius 3 is 2.46 bits per heavy atom. The molecule has 0 aromatic carbocycles. The van der Waals surface area contributed by atoms with E-state index >= 15 is 0 Å². The summed E-state index contributed by atoms with van der Waals surface area (Å²) in [6.07, 6.45) is -3.76. The fourth-order valence-corrected chi connectivity index (χ4v) is 0.722. The van der Waals surface area contributed by atoms with E-state index in [1.165, 1.54) is 0 Å². The molecule has 74 valence electrons. The van der Waals surface area contributed by atoms with Gasteiger partial charge in [-0.3, -0.25) is 0 Å². The standard InChI is InChI=1S/C6H8F3N3O/c7-6(8,9)5-12-11-4(13-5)2-1-3-10/h1-3,10H2. The first-order valence-electron chi connectivity index (χ1n) is 3.63. The van der Waals surface area contributed by atoms with Gasteiger partial charge in [0.05, 0.1) is 0 Å². The Balaban J connectivity index is 2.64. The number of aromatic nitrogens is 2. The van der Waals surface area contributed by atoms with Crippen molar-refractivity contribution in [1.29, 1.82) is 0 Å². The fourth-order valence-electron chi connectivity index (χ4n) is 0.722. The number of hydrogen-bond donors (Lipinski definition) is 1. The Morgan fingerprint density at radius 2 is 2.00 bits per heavy atom. The second kappa shape index (κ2) is 3.73. The normalized spacial score (nSPS) is 12.0. The average Bonchev–Trinajstić information content (AvgIpc) is 2.47. The van der Waals surface area contributed by atoms with Crippen LogP contribution in [-0.4, -0.2) is 16.7 Å². The van der Waals surface area contributed by atoms with Crippen LogP contribution in [0.4, 0.5) is 13.2 Å². The predicted molar refractivity (Wildman–Crippen MR) is 36.7 cm³/mol. The lowest BCUT2D eigenvalue weighted by molar-refractivity contribution is -0.157. The molecule has 2 N–H and O–H groups in total. The van der Waals surface area contributed by atoms with Crippen LogP contribution < -0.4 is 5.73 Å². The molecule has 0 radical (unpaired) electrons. The lowest BCUT2D eigenvalue weighted by Gasteiger charge is -1.97. The highest BCUT2D eigenvalue weighted by atomic mass is 19.4. The van der Waals surface area contributed by atoms with E-state index in [0.29, 0.717) is 13.0 Å². The molecule has 0 amide bonds. The molecule has 0 bridgehead atoms. The summed E-state index contributed by atoms with van der Waals surface area (Å²) in [7, 11) is 0. The zero-order chi connectivity index (χ0) is 9.90. The molecule has 13 heavy (non-hydrogen) atoms. The van der Waals surface area contributed by atoms with Crippen LogP contribution in [0.25, 0.3) is 0 Å². The van der Waals surface area contributed by atoms with Crippen molar-refractivity contribution in [1.82, 2.24) is 10.2 Å². The molecule has 4 nitrogen and oxygen atoms in total. The highest BCUT2D eigenvalue weighted by Crippen LogP contribution is 2.27. The van der Waals surface area contributed by atoms with Gasteiger partial charge in [0.1, 0.15) is 0 Å². The van der Waals surface area contributed by atoms with Gasteiger partial charge in [-0.05, 0) is 13.0 Å². The summed E-state index contributed by atoms with van der Waals surface area (Å²) in [5.74, 6) is -1.34. The van der Waals surface area contributed by atoms with E-state index in [1.54, 1.807) is 0 Å². The van der Waals surface area contributed by atoms with Crippen molar-refractivity contribution in [3.8, 4) is 0 Å². The number of rotatable bonds is 3. The maximum absolute atomic E-state index is 11.9. The minimum absolute atomic E-state index is 0.0298. The van der Waals surface area contributed by atoms with E-state index in [-0.39, 0.29) is 12.3 Å². The van der Waals surface area contributed by atoms with Crippen molar-refractivity contribution >= 4 is 0 Å². The van der Waals surface area contributed by atoms with Crippen LogP contribution in [-0.2, 0) is 12.6 Å². The van der Waals surface area contributed by atoms with Crippen molar-refractivity contribution in [2.75, 3.05) is 6.54 Å². The SMILES string of the molecule is NCCCc1nnc(C(F)(F)F)o1. The summed E-state index contributed by atoms with van der Waals surface area (Å²) in [6, 6.07) is 0. The predicted octanol–water partition coefficient (Wildman–Crippen LogP) is 0.980. The van der Waals surface area contributed by atoms with Crippen LogP contribution in [0.3, 0.4) is 0 Å². The molecular weight excluding hydrogens is 187 g/mol. The van der Waals surface area contributed by atoms with E-state index in [1.807, 2.05) is 0 Å². The minimum atomic E-state index is -4.56. The average molecular weight is 195 g/mol. The molecule has 1 heterocycles. The molecule has 1 aromatic heterocycles. The van der Waals surface area contributed by atoms with Crippen molar-refractivity contribution in [2.45, 2.75) is 19.0 Å². The summed E-state index contributed by atoms with van der Waals surface area (Å²) in [4.78, 5) is 0. The summed E-state index contributed by atoms with van der Waals surface area (Å²) < 4.78 is 40.1. The maximum atomic E-state index is 11.9. The minimum Gasteiger partial charge on any atom is -0.417 e. The van der Waals surface area contributed by atoms with E-state index in [4.69, 9.17) is 5.73 Å². The fraction of sp³-hybridized carbons (Fsp3) is 0.667. The van der Waals surface area contributed by atoms with Crippen LogP contribution in [0.2, 0.25) is 0 Å². The number of aryl methyl sites for hydroxylation is 1. The molecule has 0 atom stereocenters. The molecule has 0 saturated carbocycles. The Hall–Kier alpha value is -1.11. The van der Waals surface area contributed by atoms with Crippen LogP contribution >= 0.6 is 0 Å². The zero-order valence-electron chi connectivity index (χ0n) is 6.64. The van der Waals surface area contributed by atoms with Gasteiger partial charge in [0.25, 0.3) is 0 Å². The smallest absolute Gasteiger partial charge is 0.417 e. The molecule has 0 unspecified atom stereocenters. The summed E-state index contributed by atoms with van der Waals surface area (Å²) in [5, 5.41) is 6.09. The largest absolute Gasteiger partial charge is 0.470 e. The quantitative estimate of drug-likeness (QED) is 0.780. The molecule has 0 fully saturated rings. The topological polar surface area (TPSA) is 64.9 Å². The van der Waals surface area contributed by atoms with E-state index in [2.05, 4.69) is 14.6 Å². The maximum Gasteiger partial charge on any atom is 0.470 e. The van der Waals surface area contributed by atoms with E-state index in [0.717, 1.165) is 0 Å². The van der Waals surface area contributed by atoms with Gasteiger partial charge in [0, 0.05) is 6.42 Å². The van der Waals surface area contributed by atoms with Crippen molar-refractivity contribution < 1.29 is 17.6 Å². The third-order valence-electron chi connectivity index (χ3n) is 1.30. The third kappa shape index (κ3) is 2.69. The van der Waals surface area contributed by atoms with Crippen molar-refractivity contribution in [2.24, 2.45) is 5.73 Å². The van der Waals surface area contributed by atoms with Gasteiger partial charge in [-0.25, -0.2) is 0 Å². The third-order valence-corrected chi connectivity index (χ3v) is 1.30. The molecule has 0 aliphatic heterocycles. The summed E-state index contributed by atoms with van der Waals surface area (Å²) in [6.45, 7) is 0.379. The van der Waals surface area contributed by atoms with Gasteiger partial charge in [0.15, 0.2) is 0 Å². The molecule has 0 aliphatic carbocycles. The first-order chi connectivity index (χ1) is 6.04. The number of hydrogen-bond acceptors (Lipinski definition) is 4. The molecule has 0 aliphatic rings. The zero-order valence-corrected chi connectivity index (χ0v) is 6.64. The van der Waals surface area contributed by atoms with Gasteiger partial charge in [-0.15, -0.1) is 10.2 Å². The molecule has 1 rings (SSSR count). The Labute approximate surface area is 71.9 Å². The lowest BCUT2D eigenvalue weighted by atomic mass is 10.3. The summed E-state index contributed by atoms with van der Waals surface area (Å²) in [5.41, 5.74) is 5.16. The molecule has 0 spiro atoms. The van der Waals surface area contributed by atoms with Crippen molar-refractivity contribution in [3.63, 3.8) is 0 Å². The van der Waals surface area contributed by atoms with Gasteiger partial charge < -0.3 is 10.2 Å². The van der Waals surface area contributed by atoms with Crippen LogP contribution in [0.1, 0.15) is 18.2 Å². The monoisotopic (exact) mass is 195 g/mol. The lowest BCUT2D eigenvalue weighted by Crippen LogP contribution is -2.04. The van der Waals surface area contributed by atoms with Gasteiger partial charge in [0.2, 0.25) is 5.89 Å².